The summed E-state index contributed by atoms with van der Waals surface area (Å²) in [5, 5.41) is 5.68. The number of carbonyl (C=O) groups is 1. The van der Waals surface area contributed by atoms with Gasteiger partial charge in [-0.15, -0.1) is 0 Å². The monoisotopic (exact) mass is 203 g/mol. The van der Waals surface area contributed by atoms with Crippen molar-refractivity contribution < 1.29 is 9.53 Å². The van der Waals surface area contributed by atoms with E-state index >= 15 is 0 Å². The zero-order valence-electron chi connectivity index (χ0n) is 9.22. The van der Waals surface area contributed by atoms with Crippen LogP contribution in [0.15, 0.2) is 0 Å². The first-order valence-corrected chi connectivity index (χ1v) is 4.77. The van der Waals surface area contributed by atoms with Crippen LogP contribution in [0.25, 0.3) is 0 Å². The number of urea groups is 1. The summed E-state index contributed by atoms with van der Waals surface area (Å²) in [4.78, 5) is 10.3. The minimum Gasteiger partial charge on any atom is -0.379 e. The molecular formula is C9H21N3O2. The number of primary amides is 1. The third-order valence-electron chi connectivity index (χ3n) is 2.06. The minimum absolute atomic E-state index is 0.0931. The average Bonchev–Trinajstić information content (AvgIpc) is 2.10. The summed E-state index contributed by atoms with van der Waals surface area (Å²) < 4.78 is 5.25. The van der Waals surface area contributed by atoms with E-state index < -0.39 is 6.03 Å². The molecule has 84 valence electrons. The van der Waals surface area contributed by atoms with Gasteiger partial charge in [0.1, 0.15) is 0 Å². The van der Waals surface area contributed by atoms with Crippen LogP contribution in [0.4, 0.5) is 4.79 Å². The molecule has 0 rings (SSSR count). The Morgan fingerprint density at radius 2 is 2.00 bits per heavy atom. The summed E-state index contributed by atoms with van der Waals surface area (Å²) in [6.45, 7) is 6.22. The number of hydrogen-bond acceptors (Lipinski definition) is 3. The summed E-state index contributed by atoms with van der Waals surface area (Å²) in [5.41, 5.74) is 4.81. The molecule has 5 nitrogen and oxygen atoms in total. The number of methoxy groups -OCH3 is 1. The summed E-state index contributed by atoms with van der Waals surface area (Å²) in [6, 6.07) is -0.482. The lowest BCUT2D eigenvalue weighted by molar-refractivity contribution is 0.0159. The van der Waals surface area contributed by atoms with Crippen molar-refractivity contribution in [3.63, 3.8) is 0 Å². The van der Waals surface area contributed by atoms with Crippen LogP contribution >= 0.6 is 0 Å². The van der Waals surface area contributed by atoms with E-state index in [1.165, 1.54) is 0 Å². The van der Waals surface area contributed by atoms with E-state index in [1.54, 1.807) is 7.11 Å². The molecule has 5 heteroatoms. The highest BCUT2D eigenvalue weighted by Gasteiger charge is 2.14. The highest BCUT2D eigenvalue weighted by atomic mass is 16.5. The molecule has 0 radical (unpaired) electrons. The third-order valence-corrected chi connectivity index (χ3v) is 2.06. The average molecular weight is 203 g/mol. The zero-order chi connectivity index (χ0) is 11.0. The van der Waals surface area contributed by atoms with Gasteiger partial charge in [-0.05, 0) is 26.8 Å². The van der Waals surface area contributed by atoms with Gasteiger partial charge in [-0.2, -0.15) is 0 Å². The van der Waals surface area contributed by atoms with Crippen molar-refractivity contribution in [3.8, 4) is 0 Å². The lowest BCUT2D eigenvalue weighted by Crippen LogP contribution is -2.36. The maximum atomic E-state index is 10.3. The standard InChI is InChI=1S/C9H21N3O2/c1-9(2,14-3)4-5-11-6-7-12-8(10)13/h11H,4-7H2,1-3H3,(H3,10,12,13). The second kappa shape index (κ2) is 6.62. The summed E-state index contributed by atoms with van der Waals surface area (Å²) in [5.74, 6) is 0. The Morgan fingerprint density at radius 3 is 2.50 bits per heavy atom. The van der Waals surface area contributed by atoms with Gasteiger partial charge >= 0.3 is 6.03 Å². The smallest absolute Gasteiger partial charge is 0.312 e. The van der Waals surface area contributed by atoms with Crippen molar-refractivity contribution in [2.75, 3.05) is 26.7 Å². The lowest BCUT2D eigenvalue weighted by atomic mass is 10.1. The molecule has 0 unspecified atom stereocenters. The van der Waals surface area contributed by atoms with E-state index in [0.29, 0.717) is 6.54 Å². The molecule has 0 bridgehead atoms. The zero-order valence-corrected chi connectivity index (χ0v) is 9.22. The van der Waals surface area contributed by atoms with Gasteiger partial charge in [-0.3, -0.25) is 0 Å². The van der Waals surface area contributed by atoms with Crippen LogP contribution in [0.2, 0.25) is 0 Å². The van der Waals surface area contributed by atoms with Gasteiger partial charge in [0.05, 0.1) is 5.60 Å². The van der Waals surface area contributed by atoms with Gasteiger partial charge in [0.2, 0.25) is 0 Å². The fourth-order valence-electron chi connectivity index (χ4n) is 0.891. The predicted molar refractivity (Wildman–Crippen MR) is 56.2 cm³/mol. The number of hydrogen-bond donors (Lipinski definition) is 3. The maximum Gasteiger partial charge on any atom is 0.312 e. The first-order chi connectivity index (χ1) is 6.48. The Kier molecular flexibility index (Phi) is 6.23. The first-order valence-electron chi connectivity index (χ1n) is 4.77. The van der Waals surface area contributed by atoms with Gasteiger partial charge in [0, 0.05) is 20.2 Å². The molecule has 0 aromatic rings. The van der Waals surface area contributed by atoms with Crippen molar-refractivity contribution >= 4 is 6.03 Å². The van der Waals surface area contributed by atoms with Crippen LogP contribution < -0.4 is 16.4 Å². The van der Waals surface area contributed by atoms with Gasteiger partial charge in [-0.1, -0.05) is 0 Å². The normalized spacial score (nSPS) is 11.4. The van der Waals surface area contributed by atoms with Gasteiger partial charge in [0.25, 0.3) is 0 Å². The molecule has 0 aliphatic carbocycles. The van der Waals surface area contributed by atoms with Crippen molar-refractivity contribution in [1.82, 2.24) is 10.6 Å². The number of amides is 2. The molecule has 0 aliphatic rings. The van der Waals surface area contributed by atoms with Crippen molar-refractivity contribution in [3.05, 3.63) is 0 Å². The molecule has 4 N–H and O–H groups in total. The number of nitrogens with one attached hydrogen (secondary N) is 2. The molecule has 14 heavy (non-hydrogen) atoms. The van der Waals surface area contributed by atoms with E-state index in [9.17, 15) is 4.79 Å². The van der Waals surface area contributed by atoms with Crippen molar-refractivity contribution in [2.45, 2.75) is 25.9 Å². The maximum absolute atomic E-state index is 10.3. The topological polar surface area (TPSA) is 76.4 Å². The molecule has 0 aromatic carbocycles. The predicted octanol–water partition coefficient (Wildman–Crippen LogP) is 0.0594. The fourth-order valence-corrected chi connectivity index (χ4v) is 0.891. The second-order valence-electron chi connectivity index (χ2n) is 3.75. The lowest BCUT2D eigenvalue weighted by Gasteiger charge is -2.22. The van der Waals surface area contributed by atoms with E-state index in [2.05, 4.69) is 10.6 Å². The van der Waals surface area contributed by atoms with E-state index in [4.69, 9.17) is 10.5 Å². The summed E-state index contributed by atoms with van der Waals surface area (Å²) in [7, 11) is 1.70. The van der Waals surface area contributed by atoms with Crippen molar-refractivity contribution in [1.29, 1.82) is 0 Å². The third kappa shape index (κ3) is 7.82. The molecule has 0 fully saturated rings. The van der Waals surface area contributed by atoms with Gasteiger partial charge in [-0.25, -0.2) is 4.79 Å². The van der Waals surface area contributed by atoms with E-state index in [1.807, 2.05) is 13.8 Å². The minimum atomic E-state index is -0.482. The number of carbonyl (C=O) groups excluding carboxylic acids is 1. The SMILES string of the molecule is COC(C)(C)CCNCCNC(N)=O. The molecular weight excluding hydrogens is 182 g/mol. The Bertz CT molecular complexity index is 171. The van der Waals surface area contributed by atoms with Crippen LogP contribution in [0.3, 0.4) is 0 Å². The highest BCUT2D eigenvalue weighted by Crippen LogP contribution is 2.10. The molecule has 0 spiro atoms. The van der Waals surface area contributed by atoms with Crippen LogP contribution in [-0.2, 0) is 4.74 Å². The molecule has 0 aliphatic heterocycles. The number of ether oxygens (including phenoxy) is 1. The molecule has 0 saturated carbocycles. The first kappa shape index (κ1) is 13.2. The van der Waals surface area contributed by atoms with Crippen LogP contribution in [0.1, 0.15) is 20.3 Å². The van der Waals surface area contributed by atoms with Crippen LogP contribution in [0, 0.1) is 0 Å². The molecule has 2 amide bonds. The van der Waals surface area contributed by atoms with E-state index in [-0.39, 0.29) is 5.60 Å². The van der Waals surface area contributed by atoms with Crippen LogP contribution in [-0.4, -0.2) is 38.4 Å². The van der Waals surface area contributed by atoms with E-state index in [0.717, 1.165) is 19.5 Å². The molecule has 0 saturated heterocycles. The Labute approximate surface area is 85.4 Å². The Hall–Kier alpha value is -0.810. The second-order valence-corrected chi connectivity index (χ2v) is 3.75. The van der Waals surface area contributed by atoms with Gasteiger partial charge < -0.3 is 21.1 Å². The fraction of sp³-hybridized carbons (Fsp3) is 0.889. The highest BCUT2D eigenvalue weighted by molar-refractivity contribution is 5.71. The Morgan fingerprint density at radius 1 is 1.36 bits per heavy atom. The quantitative estimate of drug-likeness (QED) is 0.512. The summed E-state index contributed by atoms with van der Waals surface area (Å²) in [6.07, 6.45) is 0.931. The van der Waals surface area contributed by atoms with Gasteiger partial charge in [0.15, 0.2) is 0 Å². The van der Waals surface area contributed by atoms with Crippen molar-refractivity contribution in [2.24, 2.45) is 5.73 Å². The Balaban J connectivity index is 3.25. The number of nitrogens with two attached hydrogens (primary N) is 1. The molecule has 0 heterocycles. The molecule has 0 atom stereocenters. The molecule has 0 aromatic heterocycles. The van der Waals surface area contributed by atoms with Crippen LogP contribution in [0.5, 0.6) is 0 Å². The largest absolute Gasteiger partial charge is 0.379 e. The summed E-state index contributed by atoms with van der Waals surface area (Å²) >= 11 is 0. The number of rotatable bonds is 7.